The zero-order valence-electron chi connectivity index (χ0n) is 16.8. The van der Waals surface area contributed by atoms with Crippen molar-refractivity contribution in [2.75, 3.05) is 30.4 Å². The summed E-state index contributed by atoms with van der Waals surface area (Å²) >= 11 is 0. The van der Waals surface area contributed by atoms with Crippen molar-refractivity contribution >= 4 is 34.3 Å². The number of ether oxygens (including phenoxy) is 1. The van der Waals surface area contributed by atoms with Gasteiger partial charge in [-0.2, -0.15) is 0 Å². The maximum Gasteiger partial charge on any atom is 0.343 e. The highest BCUT2D eigenvalue weighted by Gasteiger charge is 2.08. The van der Waals surface area contributed by atoms with Crippen LogP contribution >= 0.6 is 0 Å². The maximum absolute atomic E-state index is 12.3. The van der Waals surface area contributed by atoms with Crippen molar-refractivity contribution in [3.05, 3.63) is 70.6 Å². The van der Waals surface area contributed by atoms with Crippen LogP contribution in [0, 0.1) is 0 Å². The van der Waals surface area contributed by atoms with Crippen LogP contribution in [-0.2, 0) is 4.79 Å². The quantitative estimate of drug-likeness (QED) is 0.479. The van der Waals surface area contributed by atoms with E-state index in [0.29, 0.717) is 22.6 Å². The minimum Gasteiger partial charge on any atom is -0.495 e. The predicted molar refractivity (Wildman–Crippen MR) is 117 cm³/mol. The van der Waals surface area contributed by atoms with Crippen LogP contribution in [-0.4, -0.2) is 26.1 Å². The number of carbonyl (C=O) groups excluding carboxylic acids is 1. The van der Waals surface area contributed by atoms with Gasteiger partial charge in [0.1, 0.15) is 11.3 Å². The summed E-state index contributed by atoms with van der Waals surface area (Å²) in [5, 5.41) is 3.53. The molecule has 1 heterocycles. The lowest BCUT2D eigenvalue weighted by molar-refractivity contribution is -0.111. The second kappa shape index (κ2) is 9.10. The van der Waals surface area contributed by atoms with Gasteiger partial charge >= 0.3 is 5.63 Å². The summed E-state index contributed by atoms with van der Waals surface area (Å²) in [6, 6.07) is 14.6. The number of methoxy groups -OCH3 is 1. The van der Waals surface area contributed by atoms with Crippen LogP contribution in [0.2, 0.25) is 0 Å². The molecule has 3 rings (SSSR count). The van der Waals surface area contributed by atoms with E-state index in [1.54, 1.807) is 24.3 Å². The van der Waals surface area contributed by atoms with Gasteiger partial charge in [0, 0.05) is 36.3 Å². The number of carbonyl (C=O) groups is 1. The highest BCUT2D eigenvalue weighted by atomic mass is 16.5. The monoisotopic (exact) mass is 392 g/mol. The molecule has 0 saturated carbocycles. The number of anilines is 2. The van der Waals surface area contributed by atoms with Gasteiger partial charge in [0.05, 0.1) is 18.4 Å². The fourth-order valence-corrected chi connectivity index (χ4v) is 3.11. The van der Waals surface area contributed by atoms with E-state index >= 15 is 0 Å². The van der Waals surface area contributed by atoms with Crippen LogP contribution in [0.5, 0.6) is 5.75 Å². The number of fused-ring (bicyclic) bond motifs is 1. The van der Waals surface area contributed by atoms with E-state index in [2.05, 4.69) is 24.1 Å². The summed E-state index contributed by atoms with van der Waals surface area (Å²) < 4.78 is 10.7. The number of hydrogen-bond acceptors (Lipinski definition) is 5. The fraction of sp³-hybridized carbons (Fsp3) is 0.217. The first kappa shape index (κ1) is 20.2. The second-order valence-electron chi connectivity index (χ2n) is 6.41. The van der Waals surface area contributed by atoms with E-state index in [4.69, 9.17) is 9.15 Å². The van der Waals surface area contributed by atoms with Gasteiger partial charge in [-0.3, -0.25) is 4.79 Å². The molecule has 0 unspecified atom stereocenters. The molecule has 0 fully saturated rings. The lowest BCUT2D eigenvalue weighted by Crippen LogP contribution is -2.21. The number of nitrogens with one attached hydrogen (secondary N) is 1. The molecule has 6 heteroatoms. The van der Waals surface area contributed by atoms with Crippen molar-refractivity contribution < 1.29 is 13.9 Å². The van der Waals surface area contributed by atoms with Gasteiger partial charge in [0.25, 0.3) is 0 Å². The Bertz CT molecular complexity index is 1100. The van der Waals surface area contributed by atoms with Gasteiger partial charge < -0.3 is 19.4 Å². The molecule has 0 radical (unpaired) electrons. The maximum atomic E-state index is 12.3. The normalized spacial score (nSPS) is 11.0. The number of hydrogen-bond donors (Lipinski definition) is 1. The number of rotatable bonds is 7. The van der Waals surface area contributed by atoms with Crippen molar-refractivity contribution in [3.8, 4) is 5.75 Å². The zero-order chi connectivity index (χ0) is 20.8. The average molecular weight is 392 g/mol. The molecule has 0 bridgehead atoms. The van der Waals surface area contributed by atoms with Gasteiger partial charge in [-0.25, -0.2) is 4.79 Å². The number of nitrogens with zero attached hydrogens (tertiary/aromatic N) is 1. The van der Waals surface area contributed by atoms with Crippen LogP contribution in [0.4, 0.5) is 11.4 Å². The molecule has 0 atom stereocenters. The van der Waals surface area contributed by atoms with Crippen molar-refractivity contribution in [1.82, 2.24) is 0 Å². The standard InChI is InChI=1S/C23H24N2O4/c1-4-25(5-2)18-12-10-16-14-17(23(27)29-21(16)15-18)11-13-22(26)24-19-8-6-7-9-20(19)28-3/h6-15H,4-5H2,1-3H3,(H,24,26)/b13-11+. The Kier molecular flexibility index (Phi) is 6.34. The second-order valence-corrected chi connectivity index (χ2v) is 6.41. The van der Waals surface area contributed by atoms with E-state index in [-0.39, 0.29) is 5.91 Å². The Balaban J connectivity index is 1.82. The van der Waals surface area contributed by atoms with E-state index in [1.165, 1.54) is 19.3 Å². The summed E-state index contributed by atoms with van der Waals surface area (Å²) in [4.78, 5) is 26.7. The largest absolute Gasteiger partial charge is 0.495 e. The molecular formula is C23H24N2O4. The highest BCUT2D eigenvalue weighted by molar-refractivity contribution is 6.02. The highest BCUT2D eigenvalue weighted by Crippen LogP contribution is 2.24. The number of amides is 1. The first-order valence-electron chi connectivity index (χ1n) is 9.50. The van der Waals surface area contributed by atoms with E-state index in [1.807, 2.05) is 24.3 Å². The smallest absolute Gasteiger partial charge is 0.343 e. The van der Waals surface area contributed by atoms with E-state index in [0.717, 1.165) is 24.2 Å². The van der Waals surface area contributed by atoms with Gasteiger partial charge in [0.2, 0.25) is 5.91 Å². The van der Waals surface area contributed by atoms with Gasteiger partial charge in [-0.1, -0.05) is 12.1 Å². The molecule has 2 aromatic carbocycles. The zero-order valence-corrected chi connectivity index (χ0v) is 16.8. The van der Waals surface area contributed by atoms with Crippen molar-refractivity contribution in [1.29, 1.82) is 0 Å². The van der Waals surface area contributed by atoms with Crippen molar-refractivity contribution in [2.45, 2.75) is 13.8 Å². The molecule has 0 aliphatic rings. The topological polar surface area (TPSA) is 71.8 Å². The van der Waals surface area contributed by atoms with E-state index in [9.17, 15) is 9.59 Å². The van der Waals surface area contributed by atoms with Gasteiger partial charge in [-0.15, -0.1) is 0 Å². The number of para-hydroxylation sites is 2. The summed E-state index contributed by atoms with van der Waals surface area (Å²) in [6.45, 7) is 5.89. The van der Waals surface area contributed by atoms with Crippen molar-refractivity contribution in [3.63, 3.8) is 0 Å². The van der Waals surface area contributed by atoms with Crippen molar-refractivity contribution in [2.24, 2.45) is 0 Å². The fourth-order valence-electron chi connectivity index (χ4n) is 3.11. The third-order valence-corrected chi connectivity index (χ3v) is 4.65. The molecular weight excluding hydrogens is 368 g/mol. The molecule has 150 valence electrons. The summed E-state index contributed by atoms with van der Waals surface area (Å²) in [5.74, 6) is 0.189. The molecule has 0 saturated heterocycles. The Morgan fingerprint density at radius 2 is 1.90 bits per heavy atom. The third kappa shape index (κ3) is 4.66. The van der Waals surface area contributed by atoms with Gasteiger partial charge in [0.15, 0.2) is 0 Å². The molecule has 1 aromatic heterocycles. The molecule has 0 spiro atoms. The van der Waals surface area contributed by atoms with Crippen LogP contribution in [0.15, 0.2) is 63.8 Å². The molecule has 29 heavy (non-hydrogen) atoms. The average Bonchev–Trinajstić information content (AvgIpc) is 2.73. The SMILES string of the molecule is CCN(CC)c1ccc2cc(/C=C/C(=O)Nc3ccccc3OC)c(=O)oc2c1. The first-order chi connectivity index (χ1) is 14.0. The molecule has 1 N–H and O–H groups in total. The third-order valence-electron chi connectivity index (χ3n) is 4.65. The molecule has 6 nitrogen and oxygen atoms in total. The van der Waals surface area contributed by atoms with E-state index < -0.39 is 5.63 Å². The summed E-state index contributed by atoms with van der Waals surface area (Å²) in [5.41, 5.74) is 1.90. The number of benzene rings is 2. The molecule has 3 aromatic rings. The van der Waals surface area contributed by atoms with Crippen LogP contribution in [0.3, 0.4) is 0 Å². The molecule has 1 amide bonds. The summed E-state index contributed by atoms with van der Waals surface area (Å²) in [6.07, 6.45) is 2.75. The van der Waals surface area contributed by atoms with Crippen LogP contribution < -0.4 is 20.6 Å². The van der Waals surface area contributed by atoms with Crippen LogP contribution in [0.1, 0.15) is 19.4 Å². The Morgan fingerprint density at radius 1 is 1.14 bits per heavy atom. The minimum atomic E-state index is -0.490. The Morgan fingerprint density at radius 3 is 2.62 bits per heavy atom. The first-order valence-corrected chi connectivity index (χ1v) is 9.50. The minimum absolute atomic E-state index is 0.309. The van der Waals surface area contributed by atoms with Crippen LogP contribution in [0.25, 0.3) is 17.0 Å². The Hall–Kier alpha value is -3.54. The molecule has 0 aliphatic carbocycles. The van der Waals surface area contributed by atoms with Gasteiger partial charge in [-0.05, 0) is 50.3 Å². The lowest BCUT2D eigenvalue weighted by Gasteiger charge is -2.20. The lowest BCUT2D eigenvalue weighted by atomic mass is 10.1. The summed E-state index contributed by atoms with van der Waals surface area (Å²) in [7, 11) is 1.53. The Labute approximate surface area is 169 Å². The predicted octanol–water partition coefficient (Wildman–Crippen LogP) is 4.30. The molecule has 0 aliphatic heterocycles.